The molecular weight excluding hydrogens is 342 g/mol. The molecule has 1 saturated heterocycles. The zero-order chi connectivity index (χ0) is 17.8. The molecule has 1 aliphatic rings. The largest absolute Gasteiger partial charge is 0.342 e. The van der Waals surface area contributed by atoms with Crippen LogP contribution >= 0.6 is 11.8 Å². The van der Waals surface area contributed by atoms with Gasteiger partial charge in [0.25, 0.3) is 0 Å². The van der Waals surface area contributed by atoms with Gasteiger partial charge in [-0.05, 0) is 25.0 Å². The van der Waals surface area contributed by atoms with Gasteiger partial charge in [-0.15, -0.1) is 0 Å². The number of amides is 1. The molecule has 0 aliphatic carbocycles. The lowest BCUT2D eigenvalue weighted by Gasteiger charge is -2.15. The molecule has 0 bridgehead atoms. The van der Waals surface area contributed by atoms with Crippen molar-refractivity contribution in [1.29, 1.82) is 0 Å². The monoisotopic (exact) mass is 363 g/mol. The number of benzene rings is 2. The molecule has 1 aliphatic heterocycles. The van der Waals surface area contributed by atoms with Crippen LogP contribution in [0.1, 0.15) is 12.8 Å². The Morgan fingerprint density at radius 3 is 2.31 bits per heavy atom. The van der Waals surface area contributed by atoms with Crippen LogP contribution in [0.25, 0.3) is 16.9 Å². The molecule has 0 unspecified atom stereocenters. The topological polar surface area (TPSA) is 38.1 Å². The molecule has 0 saturated carbocycles. The van der Waals surface area contributed by atoms with Crippen molar-refractivity contribution in [3.05, 3.63) is 66.9 Å². The Morgan fingerprint density at radius 2 is 1.62 bits per heavy atom. The molecule has 0 radical (unpaired) electrons. The van der Waals surface area contributed by atoms with Gasteiger partial charge in [0.05, 0.1) is 17.6 Å². The number of aromatic nitrogens is 2. The van der Waals surface area contributed by atoms with Crippen molar-refractivity contribution in [2.75, 3.05) is 18.8 Å². The Labute approximate surface area is 157 Å². The SMILES string of the molecule is O=C(CSc1ncc(-c2ccccc2)n1-c1ccccc1)N1CCCC1. The Morgan fingerprint density at radius 1 is 0.962 bits per heavy atom. The first-order valence-corrected chi connectivity index (χ1v) is 9.90. The summed E-state index contributed by atoms with van der Waals surface area (Å²) in [6.07, 6.45) is 4.13. The fourth-order valence-electron chi connectivity index (χ4n) is 3.26. The van der Waals surface area contributed by atoms with Gasteiger partial charge in [0.1, 0.15) is 0 Å². The molecule has 2 aromatic carbocycles. The molecule has 3 aromatic rings. The summed E-state index contributed by atoms with van der Waals surface area (Å²) in [5.41, 5.74) is 3.20. The summed E-state index contributed by atoms with van der Waals surface area (Å²) in [6, 6.07) is 20.4. The highest BCUT2D eigenvalue weighted by molar-refractivity contribution is 7.99. The summed E-state index contributed by atoms with van der Waals surface area (Å²) in [4.78, 5) is 19.0. The summed E-state index contributed by atoms with van der Waals surface area (Å²) >= 11 is 1.51. The third kappa shape index (κ3) is 3.53. The molecular formula is C21H21N3OS. The third-order valence-corrected chi connectivity index (χ3v) is 5.53. The van der Waals surface area contributed by atoms with Gasteiger partial charge in [-0.25, -0.2) is 4.98 Å². The minimum Gasteiger partial charge on any atom is -0.342 e. The first-order valence-electron chi connectivity index (χ1n) is 8.92. The number of hydrogen-bond acceptors (Lipinski definition) is 3. The predicted molar refractivity (Wildman–Crippen MR) is 106 cm³/mol. The summed E-state index contributed by atoms with van der Waals surface area (Å²) < 4.78 is 2.14. The molecule has 0 N–H and O–H groups in total. The minimum atomic E-state index is 0.205. The van der Waals surface area contributed by atoms with E-state index < -0.39 is 0 Å². The van der Waals surface area contributed by atoms with Crippen LogP contribution in [0.2, 0.25) is 0 Å². The Bertz CT molecular complexity index is 871. The molecule has 0 spiro atoms. The number of rotatable bonds is 5. The Kier molecular flexibility index (Phi) is 5.07. The highest BCUT2D eigenvalue weighted by Crippen LogP contribution is 2.30. The van der Waals surface area contributed by atoms with E-state index in [0.29, 0.717) is 5.75 Å². The van der Waals surface area contributed by atoms with E-state index in [1.54, 1.807) is 0 Å². The van der Waals surface area contributed by atoms with Crippen molar-refractivity contribution >= 4 is 17.7 Å². The van der Waals surface area contributed by atoms with Crippen molar-refractivity contribution in [1.82, 2.24) is 14.5 Å². The second-order valence-corrected chi connectivity index (χ2v) is 7.28. The van der Waals surface area contributed by atoms with Crippen LogP contribution < -0.4 is 0 Å². The quantitative estimate of drug-likeness (QED) is 0.636. The number of carbonyl (C=O) groups excluding carboxylic acids is 1. The average Bonchev–Trinajstić information content (AvgIpc) is 3.37. The molecule has 5 heteroatoms. The lowest BCUT2D eigenvalue weighted by Crippen LogP contribution is -2.29. The summed E-state index contributed by atoms with van der Waals surface area (Å²) in [6.45, 7) is 1.78. The van der Waals surface area contributed by atoms with Crippen LogP contribution in [0.4, 0.5) is 0 Å². The number of imidazole rings is 1. The fourth-order valence-corrected chi connectivity index (χ4v) is 4.16. The van der Waals surface area contributed by atoms with Crippen molar-refractivity contribution in [2.45, 2.75) is 18.0 Å². The fraction of sp³-hybridized carbons (Fsp3) is 0.238. The second kappa shape index (κ2) is 7.79. The van der Waals surface area contributed by atoms with Crippen LogP contribution in [0.5, 0.6) is 0 Å². The van der Waals surface area contributed by atoms with E-state index in [2.05, 4.69) is 33.8 Å². The van der Waals surface area contributed by atoms with Gasteiger partial charge in [0, 0.05) is 24.3 Å². The van der Waals surface area contributed by atoms with E-state index in [1.165, 1.54) is 11.8 Å². The van der Waals surface area contributed by atoms with E-state index in [0.717, 1.165) is 48.0 Å². The Hall–Kier alpha value is -2.53. The lowest BCUT2D eigenvalue weighted by atomic mass is 10.1. The normalized spacial score (nSPS) is 13.9. The standard InChI is InChI=1S/C21H21N3OS/c25-20(23-13-7-8-14-23)16-26-21-22-15-19(17-9-3-1-4-10-17)24(21)18-11-5-2-6-12-18/h1-6,9-12,15H,7-8,13-14,16H2. The molecule has 2 heterocycles. The first kappa shape index (κ1) is 16.9. The smallest absolute Gasteiger partial charge is 0.233 e. The average molecular weight is 363 g/mol. The van der Waals surface area contributed by atoms with Gasteiger partial charge in [-0.1, -0.05) is 60.3 Å². The van der Waals surface area contributed by atoms with E-state index >= 15 is 0 Å². The highest BCUT2D eigenvalue weighted by atomic mass is 32.2. The lowest BCUT2D eigenvalue weighted by molar-refractivity contribution is -0.127. The van der Waals surface area contributed by atoms with Crippen LogP contribution in [0.15, 0.2) is 72.0 Å². The third-order valence-electron chi connectivity index (χ3n) is 4.60. The zero-order valence-electron chi connectivity index (χ0n) is 14.5. The van der Waals surface area contributed by atoms with Crippen LogP contribution in [0.3, 0.4) is 0 Å². The molecule has 1 aromatic heterocycles. The molecule has 26 heavy (non-hydrogen) atoms. The van der Waals surface area contributed by atoms with Crippen LogP contribution in [-0.2, 0) is 4.79 Å². The first-order chi connectivity index (χ1) is 12.8. The summed E-state index contributed by atoms with van der Waals surface area (Å²) in [5, 5.41) is 0.850. The Balaban J connectivity index is 1.64. The van der Waals surface area contributed by atoms with Gasteiger partial charge in [0.2, 0.25) is 5.91 Å². The molecule has 4 rings (SSSR count). The maximum atomic E-state index is 12.4. The predicted octanol–water partition coefficient (Wildman–Crippen LogP) is 4.25. The van der Waals surface area contributed by atoms with Crippen LogP contribution in [0, 0.1) is 0 Å². The number of hydrogen-bond donors (Lipinski definition) is 0. The van der Waals surface area contributed by atoms with Crippen molar-refractivity contribution in [2.24, 2.45) is 0 Å². The van der Waals surface area contributed by atoms with Gasteiger partial charge in [0.15, 0.2) is 5.16 Å². The summed E-state index contributed by atoms with van der Waals surface area (Å²) in [7, 11) is 0. The van der Waals surface area contributed by atoms with E-state index in [1.807, 2.05) is 47.5 Å². The molecule has 0 atom stereocenters. The number of thioether (sulfide) groups is 1. The maximum Gasteiger partial charge on any atom is 0.233 e. The van der Waals surface area contributed by atoms with E-state index in [-0.39, 0.29) is 5.91 Å². The summed E-state index contributed by atoms with van der Waals surface area (Å²) in [5.74, 6) is 0.634. The highest BCUT2D eigenvalue weighted by Gasteiger charge is 2.20. The van der Waals surface area contributed by atoms with E-state index in [9.17, 15) is 4.79 Å². The van der Waals surface area contributed by atoms with E-state index in [4.69, 9.17) is 0 Å². The van der Waals surface area contributed by atoms with Gasteiger partial charge in [-0.3, -0.25) is 9.36 Å². The van der Waals surface area contributed by atoms with Crippen LogP contribution in [-0.4, -0.2) is 39.2 Å². The van der Waals surface area contributed by atoms with Gasteiger partial charge >= 0.3 is 0 Å². The number of nitrogens with zero attached hydrogens (tertiary/aromatic N) is 3. The molecule has 4 nitrogen and oxygen atoms in total. The second-order valence-electron chi connectivity index (χ2n) is 6.34. The van der Waals surface area contributed by atoms with Gasteiger partial charge < -0.3 is 4.90 Å². The molecule has 1 amide bonds. The van der Waals surface area contributed by atoms with Gasteiger partial charge in [-0.2, -0.15) is 0 Å². The number of carbonyl (C=O) groups is 1. The molecule has 1 fully saturated rings. The minimum absolute atomic E-state index is 0.205. The number of likely N-dealkylation sites (tertiary alicyclic amines) is 1. The number of para-hydroxylation sites is 1. The van der Waals surface area contributed by atoms with Crippen molar-refractivity contribution < 1.29 is 4.79 Å². The maximum absolute atomic E-state index is 12.4. The zero-order valence-corrected chi connectivity index (χ0v) is 15.4. The van der Waals surface area contributed by atoms with Crippen molar-refractivity contribution in [3.63, 3.8) is 0 Å². The molecule has 132 valence electrons. The van der Waals surface area contributed by atoms with Crippen molar-refractivity contribution in [3.8, 4) is 16.9 Å².